The molecule has 22 heavy (non-hydrogen) atoms. The molecule has 1 aliphatic carbocycles. The van der Waals surface area contributed by atoms with Crippen molar-refractivity contribution in [2.75, 3.05) is 0 Å². The minimum absolute atomic E-state index is 0.0637. The number of aryl methyl sites for hydroxylation is 1. The van der Waals surface area contributed by atoms with Crippen molar-refractivity contribution in [1.82, 2.24) is 5.01 Å². The first-order chi connectivity index (χ1) is 10.2. The first kappa shape index (κ1) is 15.0. The fourth-order valence-corrected chi connectivity index (χ4v) is 2.41. The van der Waals surface area contributed by atoms with Crippen LogP contribution in [0.5, 0.6) is 0 Å². The monoisotopic (exact) mass is 312 g/mol. The number of alkyl halides is 3. The van der Waals surface area contributed by atoms with Crippen LogP contribution in [0.2, 0.25) is 0 Å². The molecule has 0 unspecified atom stereocenters. The Morgan fingerprint density at radius 2 is 1.91 bits per heavy atom. The molecule has 1 aromatic rings. The molecule has 0 bridgehead atoms. The second-order valence-corrected chi connectivity index (χ2v) is 5.83. The fourth-order valence-electron chi connectivity index (χ4n) is 2.41. The maximum Gasteiger partial charge on any atom is 0.438 e. The van der Waals surface area contributed by atoms with Gasteiger partial charge in [-0.3, -0.25) is 4.79 Å². The highest BCUT2D eigenvalue weighted by atomic mass is 19.4. The third-order valence-corrected chi connectivity index (χ3v) is 3.96. The minimum Gasteiger partial charge on any atom is -0.362 e. The van der Waals surface area contributed by atoms with E-state index in [1.165, 1.54) is 0 Å². The number of benzene rings is 1. The van der Waals surface area contributed by atoms with Crippen molar-refractivity contribution < 1.29 is 23.1 Å². The van der Waals surface area contributed by atoms with Gasteiger partial charge in [0, 0.05) is 5.92 Å². The highest BCUT2D eigenvalue weighted by Crippen LogP contribution is 2.44. The fraction of sp³-hybridized carbons (Fsp3) is 0.467. The zero-order chi connectivity index (χ0) is 16.1. The number of amides is 1. The van der Waals surface area contributed by atoms with Crippen LogP contribution in [0.15, 0.2) is 29.4 Å². The van der Waals surface area contributed by atoms with E-state index in [-0.39, 0.29) is 10.7 Å². The molecule has 3 rings (SSSR count). The Kier molecular flexibility index (Phi) is 3.28. The van der Waals surface area contributed by atoms with Gasteiger partial charge in [0.2, 0.25) is 5.91 Å². The van der Waals surface area contributed by atoms with Gasteiger partial charge in [0.25, 0.3) is 5.72 Å². The van der Waals surface area contributed by atoms with Crippen LogP contribution >= 0.6 is 0 Å². The van der Waals surface area contributed by atoms with Gasteiger partial charge in [0.1, 0.15) is 0 Å². The highest BCUT2D eigenvalue weighted by Gasteiger charge is 2.64. The topological polar surface area (TPSA) is 52.9 Å². The Hall–Kier alpha value is -1.89. The standard InChI is InChI=1S/C15H15F3N2O2/c1-9-2-4-10(5-3-9)12-8-14(22,15(16,17)18)20(19-12)13(21)11-6-7-11/h2-5,11,22H,6-8H2,1H3/t14-/m0/s1. The van der Waals surface area contributed by atoms with E-state index in [0.717, 1.165) is 5.56 Å². The largest absolute Gasteiger partial charge is 0.438 e. The summed E-state index contributed by atoms with van der Waals surface area (Å²) in [5, 5.41) is 14.1. The second-order valence-electron chi connectivity index (χ2n) is 5.83. The summed E-state index contributed by atoms with van der Waals surface area (Å²) in [6, 6.07) is 6.76. The quantitative estimate of drug-likeness (QED) is 0.912. The van der Waals surface area contributed by atoms with E-state index in [0.29, 0.717) is 18.4 Å². The summed E-state index contributed by atoms with van der Waals surface area (Å²) >= 11 is 0. The molecular weight excluding hydrogens is 297 g/mol. The number of hydrogen-bond donors (Lipinski definition) is 1. The molecule has 1 heterocycles. The van der Waals surface area contributed by atoms with E-state index in [4.69, 9.17) is 0 Å². The summed E-state index contributed by atoms with van der Waals surface area (Å²) < 4.78 is 39.8. The number of halogens is 3. The predicted molar refractivity (Wildman–Crippen MR) is 72.9 cm³/mol. The smallest absolute Gasteiger partial charge is 0.362 e. The Bertz CT molecular complexity index is 635. The summed E-state index contributed by atoms with van der Waals surface area (Å²) in [6.45, 7) is 1.86. The van der Waals surface area contributed by atoms with Crippen molar-refractivity contribution in [3.05, 3.63) is 35.4 Å². The SMILES string of the molecule is Cc1ccc(C2=NN(C(=O)C3CC3)[C@@](O)(C(F)(F)F)C2)cc1. The maximum absolute atomic E-state index is 13.3. The average Bonchev–Trinajstić information content (AvgIpc) is 3.21. The summed E-state index contributed by atoms with van der Waals surface area (Å²) in [5.74, 6) is -1.23. The zero-order valence-electron chi connectivity index (χ0n) is 11.9. The van der Waals surface area contributed by atoms with Crippen molar-refractivity contribution in [2.24, 2.45) is 11.0 Å². The Morgan fingerprint density at radius 3 is 2.41 bits per heavy atom. The summed E-state index contributed by atoms with van der Waals surface area (Å²) in [4.78, 5) is 12.1. The number of aliphatic hydroxyl groups is 1. The lowest BCUT2D eigenvalue weighted by molar-refractivity contribution is -0.302. The lowest BCUT2D eigenvalue weighted by atomic mass is 10.00. The molecule has 7 heteroatoms. The number of hydrogen-bond acceptors (Lipinski definition) is 3. The molecular formula is C15H15F3N2O2. The molecule has 1 atom stereocenters. The van der Waals surface area contributed by atoms with Gasteiger partial charge < -0.3 is 5.11 Å². The van der Waals surface area contributed by atoms with Gasteiger partial charge in [0.05, 0.1) is 12.1 Å². The van der Waals surface area contributed by atoms with Crippen molar-refractivity contribution >= 4 is 11.6 Å². The van der Waals surface area contributed by atoms with E-state index < -0.39 is 30.1 Å². The van der Waals surface area contributed by atoms with Crippen LogP contribution < -0.4 is 0 Å². The van der Waals surface area contributed by atoms with Crippen LogP contribution in [0.25, 0.3) is 0 Å². The van der Waals surface area contributed by atoms with Crippen LogP contribution in [0.3, 0.4) is 0 Å². The molecule has 1 fully saturated rings. The molecule has 0 aromatic heterocycles. The second kappa shape index (κ2) is 4.81. The first-order valence-electron chi connectivity index (χ1n) is 7.00. The molecule has 0 saturated heterocycles. The average molecular weight is 312 g/mol. The summed E-state index contributed by atoms with van der Waals surface area (Å²) in [7, 11) is 0. The number of rotatable bonds is 2. The zero-order valence-corrected chi connectivity index (χ0v) is 11.9. The lowest BCUT2D eigenvalue weighted by Gasteiger charge is -2.32. The Morgan fingerprint density at radius 1 is 1.32 bits per heavy atom. The van der Waals surface area contributed by atoms with Crippen LogP contribution in [-0.2, 0) is 4.79 Å². The number of hydrazone groups is 1. The van der Waals surface area contributed by atoms with Crippen LogP contribution in [-0.4, -0.2) is 33.6 Å². The van der Waals surface area contributed by atoms with E-state index in [1.807, 2.05) is 6.92 Å². The van der Waals surface area contributed by atoms with Gasteiger partial charge in [-0.05, 0) is 25.3 Å². The van der Waals surface area contributed by atoms with E-state index in [9.17, 15) is 23.1 Å². The molecule has 0 spiro atoms. The molecule has 1 N–H and O–H groups in total. The maximum atomic E-state index is 13.3. The van der Waals surface area contributed by atoms with Gasteiger partial charge in [-0.25, -0.2) is 0 Å². The third kappa shape index (κ3) is 2.39. The minimum atomic E-state index is -4.96. The summed E-state index contributed by atoms with van der Waals surface area (Å²) in [5.41, 5.74) is -1.76. The lowest BCUT2D eigenvalue weighted by Crippen LogP contribution is -2.57. The van der Waals surface area contributed by atoms with E-state index >= 15 is 0 Å². The highest BCUT2D eigenvalue weighted by molar-refractivity contribution is 6.03. The van der Waals surface area contributed by atoms with Gasteiger partial charge in [-0.15, -0.1) is 0 Å². The van der Waals surface area contributed by atoms with Crippen molar-refractivity contribution in [2.45, 2.75) is 38.1 Å². The predicted octanol–water partition coefficient (Wildman–Crippen LogP) is 2.59. The number of carbonyl (C=O) groups is 1. The molecule has 1 amide bonds. The Balaban J connectivity index is 1.98. The van der Waals surface area contributed by atoms with Crippen LogP contribution in [0.4, 0.5) is 13.2 Å². The number of carbonyl (C=O) groups excluding carboxylic acids is 1. The van der Waals surface area contributed by atoms with E-state index in [1.54, 1.807) is 24.3 Å². The molecule has 1 saturated carbocycles. The molecule has 4 nitrogen and oxygen atoms in total. The van der Waals surface area contributed by atoms with Gasteiger partial charge in [0.15, 0.2) is 0 Å². The van der Waals surface area contributed by atoms with Crippen molar-refractivity contribution in [1.29, 1.82) is 0 Å². The number of nitrogens with zero attached hydrogens (tertiary/aromatic N) is 2. The molecule has 118 valence electrons. The van der Waals surface area contributed by atoms with E-state index in [2.05, 4.69) is 5.10 Å². The first-order valence-corrected chi connectivity index (χ1v) is 7.00. The molecule has 1 aromatic carbocycles. The van der Waals surface area contributed by atoms with Crippen LogP contribution in [0, 0.1) is 12.8 Å². The molecule has 0 radical (unpaired) electrons. The van der Waals surface area contributed by atoms with Crippen LogP contribution in [0.1, 0.15) is 30.4 Å². The normalized spacial score (nSPS) is 25.3. The summed E-state index contributed by atoms with van der Waals surface area (Å²) in [6.07, 6.45) is -4.64. The van der Waals surface area contributed by atoms with Gasteiger partial charge in [-0.1, -0.05) is 29.8 Å². The van der Waals surface area contributed by atoms with Gasteiger partial charge >= 0.3 is 6.18 Å². The molecule has 1 aliphatic heterocycles. The van der Waals surface area contributed by atoms with Gasteiger partial charge in [-0.2, -0.15) is 23.3 Å². The Labute approximate surface area is 125 Å². The van der Waals surface area contributed by atoms with Crippen molar-refractivity contribution in [3.63, 3.8) is 0 Å². The molecule has 2 aliphatic rings. The van der Waals surface area contributed by atoms with Crippen molar-refractivity contribution in [3.8, 4) is 0 Å². The third-order valence-electron chi connectivity index (χ3n) is 3.96.